The second-order valence-electron chi connectivity index (χ2n) is 5.37. The molecule has 1 fully saturated rings. The molecule has 3 heteroatoms. The molecule has 19 heavy (non-hydrogen) atoms. The van der Waals surface area contributed by atoms with E-state index < -0.39 is 0 Å². The molecule has 2 atom stereocenters. The molecule has 106 valence electrons. The maximum absolute atomic E-state index is 5.35. The maximum Gasteiger partial charge on any atom is 0.119 e. The van der Waals surface area contributed by atoms with Crippen molar-refractivity contribution in [1.29, 1.82) is 0 Å². The van der Waals surface area contributed by atoms with Gasteiger partial charge in [-0.2, -0.15) is 0 Å². The maximum atomic E-state index is 5.35. The first-order valence-corrected chi connectivity index (χ1v) is 7.11. The number of benzene rings is 1. The molecule has 1 aliphatic carbocycles. The largest absolute Gasteiger partial charge is 0.497 e. The topological polar surface area (TPSA) is 30.5 Å². The van der Waals surface area contributed by atoms with Crippen molar-refractivity contribution in [3.63, 3.8) is 0 Å². The van der Waals surface area contributed by atoms with Gasteiger partial charge >= 0.3 is 0 Å². The van der Waals surface area contributed by atoms with E-state index in [9.17, 15) is 0 Å². The Bertz CT molecular complexity index is 407. The average molecular weight is 263 g/mol. The number of hydrogen-bond acceptors (Lipinski definition) is 3. The molecule has 0 heterocycles. The van der Waals surface area contributed by atoms with Gasteiger partial charge < -0.3 is 14.8 Å². The van der Waals surface area contributed by atoms with Crippen LogP contribution in [0.2, 0.25) is 0 Å². The first kappa shape index (κ1) is 14.4. The molecule has 0 bridgehead atoms. The zero-order valence-electron chi connectivity index (χ0n) is 12.2. The minimum absolute atomic E-state index is 0.303. The normalized spacial score (nSPS) is 25.3. The van der Waals surface area contributed by atoms with Crippen LogP contribution in [-0.2, 0) is 10.2 Å². The number of nitrogens with one attached hydrogen (secondary N) is 1. The molecule has 0 amide bonds. The molecule has 1 aliphatic rings. The summed E-state index contributed by atoms with van der Waals surface area (Å²) < 4.78 is 10.4. The predicted octanol–water partition coefficient (Wildman–Crippen LogP) is 2.60. The van der Waals surface area contributed by atoms with Crippen LogP contribution in [0.3, 0.4) is 0 Å². The van der Waals surface area contributed by atoms with Crippen LogP contribution >= 0.6 is 0 Å². The molecule has 1 aromatic carbocycles. The van der Waals surface area contributed by atoms with Gasteiger partial charge in [0.15, 0.2) is 0 Å². The SMILES string of the molecule is CCC1CC1(CNCCOC)c1cccc(OC)c1. The fourth-order valence-corrected chi connectivity index (χ4v) is 3.01. The molecule has 1 aromatic rings. The Balaban J connectivity index is 2.06. The van der Waals surface area contributed by atoms with E-state index in [4.69, 9.17) is 9.47 Å². The lowest BCUT2D eigenvalue weighted by Crippen LogP contribution is -2.31. The molecular formula is C16H25NO2. The molecule has 0 radical (unpaired) electrons. The summed E-state index contributed by atoms with van der Waals surface area (Å²) in [7, 11) is 3.47. The summed E-state index contributed by atoms with van der Waals surface area (Å²) in [5, 5.41) is 3.52. The Hall–Kier alpha value is -1.06. The molecule has 2 unspecified atom stereocenters. The van der Waals surface area contributed by atoms with Gasteiger partial charge in [0, 0.05) is 25.6 Å². The summed E-state index contributed by atoms with van der Waals surface area (Å²) in [5.74, 6) is 1.74. The number of rotatable bonds is 8. The van der Waals surface area contributed by atoms with Crippen LogP contribution in [0, 0.1) is 5.92 Å². The van der Waals surface area contributed by atoms with E-state index in [1.165, 1.54) is 18.4 Å². The monoisotopic (exact) mass is 263 g/mol. The molecule has 1 saturated carbocycles. The molecule has 0 aliphatic heterocycles. The first-order valence-electron chi connectivity index (χ1n) is 7.11. The molecule has 3 nitrogen and oxygen atoms in total. The van der Waals surface area contributed by atoms with Crippen molar-refractivity contribution in [3.05, 3.63) is 29.8 Å². The molecule has 0 aromatic heterocycles. The van der Waals surface area contributed by atoms with Crippen LogP contribution < -0.4 is 10.1 Å². The Morgan fingerprint density at radius 1 is 1.37 bits per heavy atom. The van der Waals surface area contributed by atoms with Crippen molar-refractivity contribution in [1.82, 2.24) is 5.32 Å². The van der Waals surface area contributed by atoms with Crippen LogP contribution in [0.25, 0.3) is 0 Å². The first-order chi connectivity index (χ1) is 9.26. The highest BCUT2D eigenvalue weighted by molar-refractivity contribution is 5.39. The van der Waals surface area contributed by atoms with Crippen LogP contribution in [0.4, 0.5) is 0 Å². The lowest BCUT2D eigenvalue weighted by Gasteiger charge is -2.19. The van der Waals surface area contributed by atoms with E-state index in [-0.39, 0.29) is 0 Å². The van der Waals surface area contributed by atoms with Gasteiger partial charge in [-0.3, -0.25) is 0 Å². The van der Waals surface area contributed by atoms with Gasteiger partial charge in [0.1, 0.15) is 5.75 Å². The lowest BCUT2D eigenvalue weighted by molar-refractivity contribution is 0.198. The van der Waals surface area contributed by atoms with Crippen LogP contribution in [0.5, 0.6) is 5.75 Å². The second-order valence-corrected chi connectivity index (χ2v) is 5.37. The van der Waals surface area contributed by atoms with Crippen LogP contribution in [0.1, 0.15) is 25.3 Å². The molecule has 0 spiro atoms. The number of hydrogen-bond donors (Lipinski definition) is 1. The summed E-state index contributed by atoms with van der Waals surface area (Å²) in [6, 6.07) is 8.53. The third-order valence-corrected chi connectivity index (χ3v) is 4.29. The fourth-order valence-electron chi connectivity index (χ4n) is 3.01. The van der Waals surface area contributed by atoms with E-state index in [1.54, 1.807) is 14.2 Å². The standard InChI is InChI=1S/C16H25NO2/c1-4-13-11-16(13,12-17-8-9-18-2)14-6-5-7-15(10-14)19-3/h5-7,10,13,17H,4,8-9,11-12H2,1-3H3. The van der Waals surface area contributed by atoms with Crippen LogP contribution in [-0.4, -0.2) is 33.9 Å². The summed E-state index contributed by atoms with van der Waals surface area (Å²) in [6.07, 6.45) is 2.51. The molecule has 0 saturated heterocycles. The van der Waals surface area contributed by atoms with E-state index >= 15 is 0 Å². The quantitative estimate of drug-likeness (QED) is 0.731. The Labute approximate surface area is 116 Å². The highest BCUT2D eigenvalue weighted by Crippen LogP contribution is 2.55. The third kappa shape index (κ3) is 3.10. The smallest absolute Gasteiger partial charge is 0.119 e. The summed E-state index contributed by atoms with van der Waals surface area (Å²) in [6.45, 7) is 4.99. The van der Waals surface area contributed by atoms with Crippen molar-refractivity contribution >= 4 is 0 Å². The van der Waals surface area contributed by atoms with Gasteiger partial charge in [0.25, 0.3) is 0 Å². The highest BCUT2D eigenvalue weighted by atomic mass is 16.5. The van der Waals surface area contributed by atoms with E-state index in [0.29, 0.717) is 5.41 Å². The Morgan fingerprint density at radius 3 is 2.84 bits per heavy atom. The van der Waals surface area contributed by atoms with Crippen LogP contribution in [0.15, 0.2) is 24.3 Å². The molecular weight excluding hydrogens is 238 g/mol. The van der Waals surface area contributed by atoms with E-state index in [2.05, 4.69) is 30.4 Å². The Morgan fingerprint density at radius 2 is 2.21 bits per heavy atom. The third-order valence-electron chi connectivity index (χ3n) is 4.29. The van der Waals surface area contributed by atoms with Gasteiger partial charge in [-0.15, -0.1) is 0 Å². The Kier molecular flexibility index (Phi) is 4.83. The zero-order valence-corrected chi connectivity index (χ0v) is 12.2. The van der Waals surface area contributed by atoms with Crippen molar-refractivity contribution in [3.8, 4) is 5.75 Å². The number of ether oxygens (including phenoxy) is 2. The second kappa shape index (κ2) is 6.40. The summed E-state index contributed by atoms with van der Waals surface area (Å²) >= 11 is 0. The summed E-state index contributed by atoms with van der Waals surface area (Å²) in [5.41, 5.74) is 1.71. The van der Waals surface area contributed by atoms with Gasteiger partial charge in [0.05, 0.1) is 13.7 Å². The minimum Gasteiger partial charge on any atom is -0.497 e. The number of methoxy groups -OCH3 is 2. The summed E-state index contributed by atoms with van der Waals surface area (Å²) in [4.78, 5) is 0. The minimum atomic E-state index is 0.303. The average Bonchev–Trinajstić information content (AvgIpc) is 3.19. The molecule has 1 N–H and O–H groups in total. The highest BCUT2D eigenvalue weighted by Gasteiger charge is 2.53. The van der Waals surface area contributed by atoms with E-state index in [1.807, 2.05) is 6.07 Å². The van der Waals surface area contributed by atoms with Crippen molar-refractivity contribution < 1.29 is 9.47 Å². The van der Waals surface area contributed by atoms with E-state index in [0.717, 1.165) is 31.4 Å². The van der Waals surface area contributed by atoms with Gasteiger partial charge in [-0.05, 0) is 30.0 Å². The van der Waals surface area contributed by atoms with Gasteiger partial charge in [-0.25, -0.2) is 0 Å². The van der Waals surface area contributed by atoms with Crippen molar-refractivity contribution in [2.75, 3.05) is 33.9 Å². The van der Waals surface area contributed by atoms with Crippen molar-refractivity contribution in [2.24, 2.45) is 5.92 Å². The molecule has 2 rings (SSSR count). The van der Waals surface area contributed by atoms with Crippen molar-refractivity contribution in [2.45, 2.75) is 25.2 Å². The lowest BCUT2D eigenvalue weighted by atomic mass is 9.92. The fraction of sp³-hybridized carbons (Fsp3) is 0.625. The zero-order chi connectivity index (χ0) is 13.7. The van der Waals surface area contributed by atoms with Gasteiger partial charge in [-0.1, -0.05) is 25.5 Å². The predicted molar refractivity (Wildman–Crippen MR) is 77.8 cm³/mol. The van der Waals surface area contributed by atoms with Gasteiger partial charge in [0.2, 0.25) is 0 Å².